The highest BCUT2D eigenvalue weighted by molar-refractivity contribution is 5.94. The molecule has 3 saturated heterocycles. The highest BCUT2D eigenvalue weighted by Gasteiger charge is 2.45. The van der Waals surface area contributed by atoms with Gasteiger partial charge >= 0.3 is 5.97 Å². The Kier molecular flexibility index (Phi) is 5.45. The van der Waals surface area contributed by atoms with Gasteiger partial charge in [0.25, 0.3) is 0 Å². The number of carboxylic acid groups (broad SMARTS) is 1. The zero-order chi connectivity index (χ0) is 18.8. The molecule has 3 aliphatic heterocycles. The molecule has 3 atom stereocenters. The van der Waals surface area contributed by atoms with E-state index in [2.05, 4.69) is 0 Å². The summed E-state index contributed by atoms with van der Waals surface area (Å²) in [4.78, 5) is 53.8. The van der Waals surface area contributed by atoms with Crippen LogP contribution in [0.1, 0.15) is 38.5 Å². The fourth-order valence-corrected chi connectivity index (χ4v) is 4.40. The summed E-state index contributed by atoms with van der Waals surface area (Å²) < 4.78 is 0. The van der Waals surface area contributed by atoms with Crippen LogP contribution < -0.4 is 5.73 Å². The van der Waals surface area contributed by atoms with E-state index < -0.39 is 24.1 Å². The molecule has 3 heterocycles. The molecular formula is C17H26N4O5. The predicted octanol–water partition coefficient (Wildman–Crippen LogP) is -0.997. The number of carboxylic acids is 1. The largest absolute Gasteiger partial charge is 0.480 e. The van der Waals surface area contributed by atoms with Crippen LogP contribution >= 0.6 is 0 Å². The van der Waals surface area contributed by atoms with E-state index in [4.69, 9.17) is 5.73 Å². The number of amides is 3. The van der Waals surface area contributed by atoms with Crippen LogP contribution in [-0.4, -0.2) is 87.8 Å². The molecule has 3 rings (SSSR count). The molecule has 9 heteroatoms. The van der Waals surface area contributed by atoms with Crippen molar-refractivity contribution in [2.45, 2.75) is 56.7 Å². The molecule has 0 radical (unpaired) electrons. The second-order valence-electron chi connectivity index (χ2n) is 7.17. The third-order valence-electron chi connectivity index (χ3n) is 5.67. The van der Waals surface area contributed by atoms with Gasteiger partial charge in [-0.3, -0.25) is 14.4 Å². The van der Waals surface area contributed by atoms with Crippen molar-refractivity contribution in [3.63, 3.8) is 0 Å². The highest BCUT2D eigenvalue weighted by atomic mass is 16.4. The first-order valence-corrected chi connectivity index (χ1v) is 9.29. The maximum Gasteiger partial charge on any atom is 0.326 e. The second-order valence-corrected chi connectivity index (χ2v) is 7.17. The molecule has 3 aliphatic rings. The van der Waals surface area contributed by atoms with E-state index in [0.717, 1.165) is 6.42 Å². The molecule has 0 aromatic carbocycles. The van der Waals surface area contributed by atoms with E-state index in [1.165, 1.54) is 9.80 Å². The molecule has 0 aromatic heterocycles. The summed E-state index contributed by atoms with van der Waals surface area (Å²) in [6.07, 6.45) is 3.65. The number of nitrogens with two attached hydrogens (primary N) is 1. The molecule has 0 spiro atoms. The van der Waals surface area contributed by atoms with Crippen LogP contribution in [0.4, 0.5) is 0 Å². The van der Waals surface area contributed by atoms with E-state index in [0.29, 0.717) is 51.7 Å². The number of carbonyl (C=O) groups excluding carboxylic acids is 3. The summed E-state index contributed by atoms with van der Waals surface area (Å²) in [5.74, 6) is -1.75. The van der Waals surface area contributed by atoms with Crippen molar-refractivity contribution in [3.8, 4) is 0 Å². The highest BCUT2D eigenvalue weighted by Crippen LogP contribution is 2.28. The quantitative estimate of drug-likeness (QED) is 0.658. The third kappa shape index (κ3) is 3.27. The lowest BCUT2D eigenvalue weighted by Crippen LogP contribution is -2.55. The SMILES string of the molecule is NCC(=O)N1CCC[C@H]1C(=O)N1CCC[C@H]1C(=O)N1CCC[C@H]1C(=O)O. The molecule has 144 valence electrons. The summed E-state index contributed by atoms with van der Waals surface area (Å²) in [6, 6.07) is -1.99. The number of nitrogens with zero attached hydrogens (tertiary/aromatic N) is 3. The summed E-state index contributed by atoms with van der Waals surface area (Å²) >= 11 is 0. The van der Waals surface area contributed by atoms with Crippen molar-refractivity contribution >= 4 is 23.7 Å². The van der Waals surface area contributed by atoms with Crippen molar-refractivity contribution < 1.29 is 24.3 Å². The first-order valence-electron chi connectivity index (χ1n) is 9.29. The molecule has 26 heavy (non-hydrogen) atoms. The lowest BCUT2D eigenvalue weighted by Gasteiger charge is -2.33. The maximum atomic E-state index is 13.0. The van der Waals surface area contributed by atoms with Crippen LogP contribution in [0, 0.1) is 0 Å². The molecule has 0 bridgehead atoms. The van der Waals surface area contributed by atoms with E-state index in [9.17, 15) is 24.3 Å². The molecule has 0 saturated carbocycles. The minimum atomic E-state index is -0.998. The van der Waals surface area contributed by atoms with Crippen molar-refractivity contribution in [2.24, 2.45) is 5.73 Å². The van der Waals surface area contributed by atoms with Crippen LogP contribution in [-0.2, 0) is 19.2 Å². The van der Waals surface area contributed by atoms with Gasteiger partial charge in [-0.25, -0.2) is 4.79 Å². The standard InChI is InChI=1S/C17H26N4O5/c18-10-14(22)19-7-1-4-11(19)15(23)20-8-2-5-12(20)16(24)21-9-3-6-13(21)17(25)26/h11-13H,1-10,18H2,(H,25,26)/t11-,12-,13-/m0/s1. The Morgan fingerprint density at radius 3 is 1.69 bits per heavy atom. The van der Waals surface area contributed by atoms with Crippen molar-refractivity contribution in [1.82, 2.24) is 14.7 Å². The Bertz CT molecular complexity index is 610. The van der Waals surface area contributed by atoms with Crippen LogP contribution in [0.5, 0.6) is 0 Å². The van der Waals surface area contributed by atoms with Gasteiger partial charge in [0.1, 0.15) is 18.1 Å². The summed E-state index contributed by atoms with van der Waals surface area (Å²) in [5, 5.41) is 9.32. The Labute approximate surface area is 152 Å². The van der Waals surface area contributed by atoms with E-state index >= 15 is 0 Å². The van der Waals surface area contributed by atoms with Crippen LogP contribution in [0.25, 0.3) is 0 Å². The Morgan fingerprint density at radius 2 is 1.19 bits per heavy atom. The number of hydrogen-bond acceptors (Lipinski definition) is 5. The lowest BCUT2D eigenvalue weighted by atomic mass is 10.1. The Balaban J connectivity index is 1.73. The average Bonchev–Trinajstić information content (AvgIpc) is 3.39. The molecule has 0 aliphatic carbocycles. The molecular weight excluding hydrogens is 340 g/mol. The van der Waals surface area contributed by atoms with Crippen LogP contribution in [0.15, 0.2) is 0 Å². The zero-order valence-corrected chi connectivity index (χ0v) is 14.8. The zero-order valence-electron chi connectivity index (χ0n) is 14.8. The normalized spacial score (nSPS) is 28.7. The van der Waals surface area contributed by atoms with Gasteiger partial charge in [-0.2, -0.15) is 0 Å². The smallest absolute Gasteiger partial charge is 0.326 e. The monoisotopic (exact) mass is 366 g/mol. The topological polar surface area (TPSA) is 124 Å². The van der Waals surface area contributed by atoms with Crippen molar-refractivity contribution in [2.75, 3.05) is 26.2 Å². The number of carbonyl (C=O) groups is 4. The summed E-state index contributed by atoms with van der Waals surface area (Å²) in [5.41, 5.74) is 5.44. The van der Waals surface area contributed by atoms with Crippen molar-refractivity contribution in [1.29, 1.82) is 0 Å². The molecule has 9 nitrogen and oxygen atoms in total. The molecule has 3 N–H and O–H groups in total. The Morgan fingerprint density at radius 1 is 0.769 bits per heavy atom. The van der Waals surface area contributed by atoms with Gasteiger partial charge in [-0.1, -0.05) is 0 Å². The lowest BCUT2D eigenvalue weighted by molar-refractivity contribution is -0.153. The maximum absolute atomic E-state index is 13.0. The van der Waals surface area contributed by atoms with Gasteiger partial charge in [-0.15, -0.1) is 0 Å². The van der Waals surface area contributed by atoms with E-state index in [1.807, 2.05) is 0 Å². The average molecular weight is 366 g/mol. The van der Waals surface area contributed by atoms with Gasteiger partial charge < -0.3 is 25.5 Å². The number of likely N-dealkylation sites (tertiary alicyclic amines) is 3. The Hall–Kier alpha value is -2.16. The van der Waals surface area contributed by atoms with Crippen LogP contribution in [0.2, 0.25) is 0 Å². The van der Waals surface area contributed by atoms with Gasteiger partial charge in [0.2, 0.25) is 17.7 Å². The molecule has 0 unspecified atom stereocenters. The minimum Gasteiger partial charge on any atom is -0.480 e. The minimum absolute atomic E-state index is 0.139. The van der Waals surface area contributed by atoms with Crippen LogP contribution in [0.3, 0.4) is 0 Å². The predicted molar refractivity (Wildman–Crippen MR) is 90.9 cm³/mol. The first kappa shape index (κ1) is 18.6. The number of hydrogen-bond donors (Lipinski definition) is 2. The van der Waals surface area contributed by atoms with Gasteiger partial charge in [0.15, 0.2) is 0 Å². The molecule has 3 amide bonds. The first-order chi connectivity index (χ1) is 12.5. The van der Waals surface area contributed by atoms with Gasteiger partial charge in [0.05, 0.1) is 6.54 Å². The van der Waals surface area contributed by atoms with E-state index in [1.54, 1.807) is 4.90 Å². The van der Waals surface area contributed by atoms with Gasteiger partial charge in [0, 0.05) is 19.6 Å². The summed E-state index contributed by atoms with van der Waals surface area (Å²) in [6.45, 7) is 1.24. The number of rotatable bonds is 4. The number of aliphatic carboxylic acids is 1. The third-order valence-corrected chi connectivity index (χ3v) is 5.67. The second kappa shape index (κ2) is 7.61. The fraction of sp³-hybridized carbons (Fsp3) is 0.765. The fourth-order valence-electron chi connectivity index (χ4n) is 4.40. The van der Waals surface area contributed by atoms with Crippen molar-refractivity contribution in [3.05, 3.63) is 0 Å². The molecule has 3 fully saturated rings. The summed E-state index contributed by atoms with van der Waals surface area (Å²) in [7, 11) is 0. The van der Waals surface area contributed by atoms with E-state index in [-0.39, 0.29) is 24.3 Å². The molecule has 0 aromatic rings. The van der Waals surface area contributed by atoms with Gasteiger partial charge in [-0.05, 0) is 38.5 Å².